The van der Waals surface area contributed by atoms with Crippen molar-refractivity contribution >= 4 is 17.5 Å². The number of carbonyl (C=O) groups is 1. The summed E-state index contributed by atoms with van der Waals surface area (Å²) in [5, 5.41) is 0. The third-order valence-electron chi connectivity index (χ3n) is 6.07. The van der Waals surface area contributed by atoms with Crippen LogP contribution in [-0.4, -0.2) is 49.8 Å². The highest BCUT2D eigenvalue weighted by Crippen LogP contribution is 2.30. The number of allylic oxidation sites excluding steroid dienone is 1. The Morgan fingerprint density at radius 1 is 1.03 bits per heavy atom. The molecule has 0 aromatic heterocycles. The van der Waals surface area contributed by atoms with Crippen LogP contribution >= 0.6 is 11.6 Å². The van der Waals surface area contributed by atoms with Gasteiger partial charge in [-0.15, -0.1) is 0 Å². The average molecular weight is 502 g/mol. The molecule has 0 radical (unpaired) electrons. The van der Waals surface area contributed by atoms with Crippen molar-refractivity contribution < 1.29 is 19.0 Å². The number of likely N-dealkylation sites (N-methyl/N-ethyl adjacent to an activating group) is 1. The van der Waals surface area contributed by atoms with E-state index in [-0.39, 0.29) is 18.6 Å². The molecule has 0 N–H and O–H groups in total. The van der Waals surface area contributed by atoms with Gasteiger partial charge in [0.1, 0.15) is 6.61 Å². The summed E-state index contributed by atoms with van der Waals surface area (Å²) in [4.78, 5) is 13.9. The fraction of sp³-hybridized carbons (Fsp3) is 0.483. The zero-order chi connectivity index (χ0) is 25.5. The number of nitrogens with zero attached hydrogens (tertiary/aromatic N) is 1. The number of ether oxygens (including phenoxy) is 3. The summed E-state index contributed by atoms with van der Waals surface area (Å²) >= 11 is 5.88. The van der Waals surface area contributed by atoms with Crippen molar-refractivity contribution in [3.8, 4) is 0 Å². The molecule has 5 nitrogen and oxygen atoms in total. The largest absolute Gasteiger partial charge is 0.377 e. The molecule has 0 aliphatic heterocycles. The van der Waals surface area contributed by atoms with Gasteiger partial charge in [-0.25, -0.2) is 0 Å². The van der Waals surface area contributed by atoms with Gasteiger partial charge in [0.15, 0.2) is 0 Å². The zero-order valence-electron chi connectivity index (χ0n) is 21.5. The van der Waals surface area contributed by atoms with E-state index in [9.17, 15) is 4.79 Å². The normalized spacial score (nSPS) is 14.4. The van der Waals surface area contributed by atoms with E-state index < -0.39 is 5.60 Å². The van der Waals surface area contributed by atoms with Crippen molar-refractivity contribution in [1.82, 2.24) is 4.90 Å². The summed E-state index contributed by atoms with van der Waals surface area (Å²) in [6.07, 6.45) is 2.84. The molecular weight excluding hydrogens is 462 g/mol. The highest BCUT2D eigenvalue weighted by molar-refractivity contribution is 6.25. The highest BCUT2D eigenvalue weighted by Gasteiger charge is 2.36. The lowest BCUT2D eigenvalue weighted by Gasteiger charge is -2.38. The van der Waals surface area contributed by atoms with Crippen LogP contribution in [0.15, 0.2) is 71.8 Å². The lowest BCUT2D eigenvalue weighted by molar-refractivity contribution is -0.165. The maximum absolute atomic E-state index is 12.3. The summed E-state index contributed by atoms with van der Waals surface area (Å²) in [6.45, 7) is 5.61. The van der Waals surface area contributed by atoms with Gasteiger partial charge in [-0.2, -0.15) is 0 Å². The first-order valence-electron chi connectivity index (χ1n) is 12.2. The fourth-order valence-electron chi connectivity index (χ4n) is 3.74. The predicted octanol–water partition coefficient (Wildman–Crippen LogP) is 6.36. The molecule has 0 saturated carbocycles. The average Bonchev–Trinajstić information content (AvgIpc) is 2.87. The van der Waals surface area contributed by atoms with Crippen molar-refractivity contribution in [2.45, 2.75) is 64.4 Å². The van der Waals surface area contributed by atoms with E-state index in [2.05, 4.69) is 19.1 Å². The van der Waals surface area contributed by atoms with Crippen LogP contribution < -0.4 is 0 Å². The van der Waals surface area contributed by atoms with Crippen LogP contribution in [0.25, 0.3) is 0 Å². The Morgan fingerprint density at radius 3 is 2.20 bits per heavy atom. The maximum Gasteiger partial charge on any atom is 0.248 e. The summed E-state index contributed by atoms with van der Waals surface area (Å²) in [5.74, 6) is -0.0773. The molecule has 0 aliphatic carbocycles. The maximum atomic E-state index is 12.3. The van der Waals surface area contributed by atoms with Crippen LogP contribution in [0.4, 0.5) is 0 Å². The molecule has 6 heteroatoms. The van der Waals surface area contributed by atoms with Crippen molar-refractivity contribution in [1.29, 1.82) is 0 Å². The van der Waals surface area contributed by atoms with Gasteiger partial charge in [0.2, 0.25) is 5.91 Å². The molecule has 2 aromatic rings. The van der Waals surface area contributed by atoms with Gasteiger partial charge >= 0.3 is 0 Å². The highest BCUT2D eigenvalue weighted by atomic mass is 35.5. The lowest BCUT2D eigenvalue weighted by Crippen LogP contribution is -2.46. The van der Waals surface area contributed by atoms with Gasteiger partial charge in [0, 0.05) is 26.2 Å². The molecule has 0 fully saturated rings. The topological polar surface area (TPSA) is 48.0 Å². The second-order valence-electron chi connectivity index (χ2n) is 9.31. The zero-order valence-corrected chi connectivity index (χ0v) is 22.3. The summed E-state index contributed by atoms with van der Waals surface area (Å²) in [6, 6.07) is 20.2. The molecular formula is C29H40ClNO4. The molecule has 2 aromatic carbocycles. The molecule has 35 heavy (non-hydrogen) atoms. The molecule has 192 valence electrons. The minimum Gasteiger partial charge on any atom is -0.377 e. The first-order valence-corrected chi connectivity index (χ1v) is 12.6. The Balaban J connectivity index is 2.12. The number of hydrogen-bond acceptors (Lipinski definition) is 4. The van der Waals surface area contributed by atoms with Gasteiger partial charge in [-0.05, 0) is 50.7 Å². The number of amides is 1. The summed E-state index contributed by atoms with van der Waals surface area (Å²) in [7, 11) is 3.46. The van der Waals surface area contributed by atoms with Crippen LogP contribution in [0.3, 0.4) is 0 Å². The molecule has 0 unspecified atom stereocenters. The van der Waals surface area contributed by atoms with Crippen LogP contribution in [0, 0.1) is 0 Å². The molecule has 2 atom stereocenters. The van der Waals surface area contributed by atoms with E-state index in [0.29, 0.717) is 26.2 Å². The monoisotopic (exact) mass is 501 g/mol. The van der Waals surface area contributed by atoms with E-state index in [1.54, 1.807) is 24.5 Å². The van der Waals surface area contributed by atoms with Crippen molar-refractivity contribution in [3.63, 3.8) is 0 Å². The molecule has 1 amide bonds. The summed E-state index contributed by atoms with van der Waals surface area (Å²) in [5.41, 5.74) is 4.37. The second kappa shape index (κ2) is 15.7. The number of carbonyl (C=O) groups excluding carboxylic acids is 1. The van der Waals surface area contributed by atoms with Gasteiger partial charge in [-0.3, -0.25) is 4.79 Å². The smallest absolute Gasteiger partial charge is 0.248 e. The Hall–Kier alpha value is -2.18. The number of rotatable bonds is 16. The number of hydrogen-bond donors (Lipinski definition) is 0. The molecule has 0 heterocycles. The molecule has 0 aliphatic rings. The third kappa shape index (κ3) is 11.0. The lowest BCUT2D eigenvalue weighted by atomic mass is 9.89. The second-order valence-corrected chi connectivity index (χ2v) is 9.53. The van der Waals surface area contributed by atoms with Gasteiger partial charge < -0.3 is 19.1 Å². The quantitative estimate of drug-likeness (QED) is 0.251. The molecule has 2 rings (SSSR count). The van der Waals surface area contributed by atoms with Crippen molar-refractivity contribution in [2.75, 3.05) is 27.3 Å². The van der Waals surface area contributed by atoms with E-state index in [0.717, 1.165) is 36.0 Å². The van der Waals surface area contributed by atoms with Gasteiger partial charge in [0.05, 0.1) is 24.9 Å². The first-order chi connectivity index (χ1) is 16.8. The molecule has 0 spiro atoms. The van der Waals surface area contributed by atoms with E-state index >= 15 is 0 Å². The predicted molar refractivity (Wildman–Crippen MR) is 142 cm³/mol. The Kier molecular flexibility index (Phi) is 13.1. The Bertz CT molecular complexity index is 888. The van der Waals surface area contributed by atoms with Crippen LogP contribution in [0.2, 0.25) is 0 Å². The standard InChI is InChI=1S/C29H40ClNO4/c1-24(20-30)12-11-18-29(2,35-22-26-15-9-6-10-16-26)27(34-23-28(32)31(3)4)17-19-33-21-25-13-7-5-8-14-25/h5-10,13-16,20,27H,11-12,17-19,21-23H2,1-4H3/b24-20-/t27-,29-/m1/s1. The minimum atomic E-state index is -0.606. The Morgan fingerprint density at radius 2 is 1.63 bits per heavy atom. The number of benzene rings is 2. The van der Waals surface area contributed by atoms with Crippen molar-refractivity contribution in [3.05, 3.63) is 82.9 Å². The summed E-state index contributed by atoms with van der Waals surface area (Å²) < 4.78 is 18.7. The van der Waals surface area contributed by atoms with Crippen molar-refractivity contribution in [2.24, 2.45) is 0 Å². The van der Waals surface area contributed by atoms with Crippen LogP contribution in [-0.2, 0) is 32.2 Å². The van der Waals surface area contributed by atoms with Crippen LogP contribution in [0.1, 0.15) is 50.7 Å². The van der Waals surface area contributed by atoms with E-state index in [4.69, 9.17) is 25.8 Å². The van der Waals surface area contributed by atoms with E-state index in [1.807, 2.05) is 55.5 Å². The third-order valence-corrected chi connectivity index (χ3v) is 6.44. The SMILES string of the molecule is C/C(=C/Cl)CCC[C@@](C)(OCc1ccccc1)[C@@H](CCOCc1ccccc1)OCC(=O)N(C)C. The van der Waals surface area contributed by atoms with Gasteiger partial charge in [-0.1, -0.05) is 77.8 Å². The number of halogens is 1. The van der Waals surface area contributed by atoms with E-state index in [1.165, 1.54) is 0 Å². The van der Waals surface area contributed by atoms with Crippen LogP contribution in [0.5, 0.6) is 0 Å². The fourth-order valence-corrected chi connectivity index (χ4v) is 3.85. The van der Waals surface area contributed by atoms with Gasteiger partial charge in [0.25, 0.3) is 0 Å². The minimum absolute atomic E-state index is 0.00124. The Labute approximate surface area is 216 Å². The molecule has 0 bridgehead atoms. The molecule has 0 saturated heterocycles. The first kappa shape index (κ1) is 29.1.